The molecule has 0 heterocycles. The van der Waals surface area contributed by atoms with E-state index < -0.39 is 0 Å². The van der Waals surface area contributed by atoms with Gasteiger partial charge in [-0.1, -0.05) is 24.3 Å². The summed E-state index contributed by atoms with van der Waals surface area (Å²) in [5, 5.41) is 8.71. The summed E-state index contributed by atoms with van der Waals surface area (Å²) in [6, 6.07) is 9.20. The van der Waals surface area contributed by atoms with Crippen LogP contribution in [-0.2, 0) is 16.1 Å². The zero-order chi connectivity index (χ0) is 13.2. The molecular weight excluding hydrogens is 238 g/mol. The van der Waals surface area contributed by atoms with Crippen molar-refractivity contribution in [1.29, 1.82) is 5.26 Å². The zero-order valence-electron chi connectivity index (χ0n) is 10.6. The topological polar surface area (TPSA) is 50.1 Å². The van der Waals surface area contributed by atoms with Crippen molar-refractivity contribution in [2.45, 2.75) is 19.4 Å². The number of carbonyl (C=O) groups excluding carboxylic acids is 1. The molecule has 0 saturated heterocycles. The number of hydrogen-bond acceptors (Lipinski definition) is 3. The molecule has 3 heteroatoms. The Kier molecular flexibility index (Phi) is 3.08. The van der Waals surface area contributed by atoms with E-state index in [4.69, 9.17) is 10.00 Å². The minimum absolute atomic E-state index is 0.0494. The first-order valence-corrected chi connectivity index (χ1v) is 6.60. The maximum absolute atomic E-state index is 12.0. The molecule has 19 heavy (non-hydrogen) atoms. The lowest BCUT2D eigenvalue weighted by Gasteiger charge is -2.16. The molecule has 3 nitrogen and oxygen atoms in total. The lowest BCUT2D eigenvalue weighted by molar-refractivity contribution is -0.150. The predicted molar refractivity (Wildman–Crippen MR) is 69.8 cm³/mol. The minimum atomic E-state index is -0.0822. The minimum Gasteiger partial charge on any atom is -0.461 e. The number of esters is 1. The van der Waals surface area contributed by atoms with E-state index in [0.717, 1.165) is 18.4 Å². The quantitative estimate of drug-likeness (QED) is 0.614. The largest absolute Gasteiger partial charge is 0.461 e. The number of nitriles is 1. The smallest absolute Gasteiger partial charge is 0.309 e. The Balaban J connectivity index is 1.56. The Morgan fingerprint density at radius 3 is 2.63 bits per heavy atom. The molecule has 0 amide bonds. The van der Waals surface area contributed by atoms with E-state index in [1.54, 1.807) is 12.1 Å². The molecule has 0 spiro atoms. The average molecular weight is 253 g/mol. The predicted octanol–water partition coefficient (Wildman–Crippen LogP) is 2.81. The summed E-state index contributed by atoms with van der Waals surface area (Å²) < 4.78 is 5.38. The second-order valence-electron chi connectivity index (χ2n) is 5.30. The van der Waals surface area contributed by atoms with Gasteiger partial charge in [0.1, 0.15) is 6.61 Å². The number of ether oxygens (including phenoxy) is 1. The van der Waals surface area contributed by atoms with Gasteiger partial charge in [0.05, 0.1) is 17.6 Å². The summed E-state index contributed by atoms with van der Waals surface area (Å²) in [6.45, 7) is 0.294. The highest BCUT2D eigenvalue weighted by Crippen LogP contribution is 2.43. The normalized spacial score (nSPS) is 27.2. The zero-order valence-corrected chi connectivity index (χ0v) is 10.6. The van der Waals surface area contributed by atoms with Gasteiger partial charge in [-0.3, -0.25) is 4.79 Å². The van der Waals surface area contributed by atoms with Crippen LogP contribution >= 0.6 is 0 Å². The number of benzene rings is 1. The fourth-order valence-electron chi connectivity index (χ4n) is 2.99. The van der Waals surface area contributed by atoms with Gasteiger partial charge in [-0.25, -0.2) is 0 Å². The Bertz CT molecular complexity index is 553. The van der Waals surface area contributed by atoms with Crippen LogP contribution in [0, 0.1) is 29.1 Å². The monoisotopic (exact) mass is 253 g/mol. The van der Waals surface area contributed by atoms with Crippen LogP contribution in [0.1, 0.15) is 24.0 Å². The Labute approximate surface area is 112 Å². The Hall–Kier alpha value is -2.08. The summed E-state index contributed by atoms with van der Waals surface area (Å²) in [5.74, 6) is 0.936. The third-order valence-electron chi connectivity index (χ3n) is 4.05. The van der Waals surface area contributed by atoms with Crippen LogP contribution in [0.25, 0.3) is 0 Å². The molecule has 0 N–H and O–H groups in total. The molecule has 3 atom stereocenters. The van der Waals surface area contributed by atoms with Crippen LogP contribution in [0.15, 0.2) is 36.4 Å². The molecule has 96 valence electrons. The first kappa shape index (κ1) is 12.0. The molecule has 0 radical (unpaired) electrons. The standard InChI is InChI=1S/C16H15NO2/c17-9-11-1-3-12(4-2-11)10-19-16(18)15-8-13-5-6-14(15)7-13/h1-6,13-15H,7-8,10H2/t13-,14-,15+/m0/s1. The molecule has 2 aliphatic rings. The first-order chi connectivity index (χ1) is 9.26. The van der Waals surface area contributed by atoms with Crippen molar-refractivity contribution in [2.75, 3.05) is 0 Å². The van der Waals surface area contributed by atoms with Crippen LogP contribution in [0.5, 0.6) is 0 Å². The summed E-state index contributed by atoms with van der Waals surface area (Å²) in [5.41, 5.74) is 1.54. The molecule has 1 saturated carbocycles. The number of nitrogens with zero attached hydrogens (tertiary/aromatic N) is 1. The molecule has 1 fully saturated rings. The number of allylic oxidation sites excluding steroid dienone is 2. The second kappa shape index (κ2) is 4.89. The molecule has 3 rings (SSSR count). The van der Waals surface area contributed by atoms with E-state index in [0.29, 0.717) is 24.0 Å². The molecule has 1 aromatic carbocycles. The Morgan fingerprint density at radius 2 is 2.05 bits per heavy atom. The third-order valence-corrected chi connectivity index (χ3v) is 4.05. The van der Waals surface area contributed by atoms with E-state index >= 15 is 0 Å². The van der Waals surface area contributed by atoms with E-state index in [9.17, 15) is 4.79 Å². The van der Waals surface area contributed by atoms with Gasteiger partial charge in [0.15, 0.2) is 0 Å². The number of carbonyl (C=O) groups is 1. The van der Waals surface area contributed by atoms with Gasteiger partial charge in [-0.05, 0) is 42.4 Å². The van der Waals surface area contributed by atoms with Gasteiger partial charge < -0.3 is 4.74 Å². The highest BCUT2D eigenvalue weighted by molar-refractivity contribution is 5.74. The molecule has 1 aromatic rings. The van der Waals surface area contributed by atoms with Gasteiger partial charge in [0.25, 0.3) is 0 Å². The molecule has 2 aliphatic carbocycles. The molecular formula is C16H15NO2. The van der Waals surface area contributed by atoms with E-state index in [1.165, 1.54) is 0 Å². The second-order valence-corrected chi connectivity index (χ2v) is 5.30. The number of rotatable bonds is 3. The van der Waals surface area contributed by atoms with Crippen LogP contribution < -0.4 is 0 Å². The summed E-state index contributed by atoms with van der Waals surface area (Å²) in [4.78, 5) is 12.0. The molecule has 2 bridgehead atoms. The van der Waals surface area contributed by atoms with Gasteiger partial charge >= 0.3 is 5.97 Å². The highest BCUT2D eigenvalue weighted by Gasteiger charge is 2.40. The summed E-state index contributed by atoms with van der Waals surface area (Å²) in [6.07, 6.45) is 6.42. The van der Waals surface area contributed by atoms with Crippen molar-refractivity contribution in [2.24, 2.45) is 17.8 Å². The van der Waals surface area contributed by atoms with Crippen LogP contribution in [0.3, 0.4) is 0 Å². The maximum Gasteiger partial charge on any atom is 0.309 e. The highest BCUT2D eigenvalue weighted by atomic mass is 16.5. The van der Waals surface area contributed by atoms with Gasteiger partial charge in [0, 0.05) is 0 Å². The fraction of sp³-hybridized carbons (Fsp3) is 0.375. The van der Waals surface area contributed by atoms with Crippen LogP contribution in [0.4, 0.5) is 0 Å². The van der Waals surface area contributed by atoms with Crippen molar-refractivity contribution in [3.63, 3.8) is 0 Å². The number of hydrogen-bond donors (Lipinski definition) is 0. The molecule has 0 aromatic heterocycles. The van der Waals surface area contributed by atoms with Crippen LogP contribution in [0.2, 0.25) is 0 Å². The van der Waals surface area contributed by atoms with Gasteiger partial charge in [0.2, 0.25) is 0 Å². The first-order valence-electron chi connectivity index (χ1n) is 6.60. The van der Waals surface area contributed by atoms with Crippen molar-refractivity contribution in [1.82, 2.24) is 0 Å². The lowest BCUT2D eigenvalue weighted by Crippen LogP contribution is -2.21. The lowest BCUT2D eigenvalue weighted by atomic mass is 9.94. The van der Waals surface area contributed by atoms with E-state index in [2.05, 4.69) is 18.2 Å². The van der Waals surface area contributed by atoms with Crippen molar-refractivity contribution >= 4 is 5.97 Å². The SMILES string of the molecule is N#Cc1ccc(COC(=O)[C@@H]2C[C@H]3C=C[C@H]2C3)cc1. The van der Waals surface area contributed by atoms with Crippen molar-refractivity contribution < 1.29 is 9.53 Å². The van der Waals surface area contributed by atoms with Crippen molar-refractivity contribution in [3.05, 3.63) is 47.5 Å². The van der Waals surface area contributed by atoms with Gasteiger partial charge in [-0.2, -0.15) is 5.26 Å². The third kappa shape index (κ3) is 2.39. The van der Waals surface area contributed by atoms with Crippen molar-refractivity contribution in [3.8, 4) is 6.07 Å². The molecule has 0 aliphatic heterocycles. The average Bonchev–Trinajstić information content (AvgIpc) is 3.08. The van der Waals surface area contributed by atoms with E-state index in [1.807, 2.05) is 12.1 Å². The van der Waals surface area contributed by atoms with Gasteiger partial charge in [-0.15, -0.1) is 0 Å². The Morgan fingerprint density at radius 1 is 1.26 bits per heavy atom. The summed E-state index contributed by atoms with van der Waals surface area (Å²) in [7, 11) is 0. The van der Waals surface area contributed by atoms with E-state index in [-0.39, 0.29) is 11.9 Å². The maximum atomic E-state index is 12.0. The summed E-state index contributed by atoms with van der Waals surface area (Å²) >= 11 is 0. The molecule has 0 unspecified atom stereocenters. The number of fused-ring (bicyclic) bond motifs is 2. The fourth-order valence-corrected chi connectivity index (χ4v) is 2.99. The van der Waals surface area contributed by atoms with Crippen LogP contribution in [-0.4, -0.2) is 5.97 Å².